The first-order valence-electron chi connectivity index (χ1n) is 6.87. The Kier molecular flexibility index (Phi) is 5.55. The van der Waals surface area contributed by atoms with Crippen molar-refractivity contribution >= 4 is 11.3 Å². The van der Waals surface area contributed by atoms with Crippen LogP contribution in [-0.2, 0) is 12.7 Å². The number of hydrogen-bond donors (Lipinski definition) is 2. The average molecular weight is 330 g/mol. The predicted octanol–water partition coefficient (Wildman–Crippen LogP) is 3.76. The van der Waals surface area contributed by atoms with Crippen LogP contribution in [0.2, 0.25) is 0 Å². The van der Waals surface area contributed by atoms with Gasteiger partial charge in [-0.1, -0.05) is 19.1 Å². The van der Waals surface area contributed by atoms with E-state index in [1.165, 1.54) is 23.5 Å². The molecule has 0 aliphatic heterocycles. The first kappa shape index (κ1) is 16.9. The molecule has 2 atom stereocenters. The lowest BCUT2D eigenvalue weighted by atomic mass is 9.99. The van der Waals surface area contributed by atoms with Gasteiger partial charge in [0.05, 0.1) is 17.2 Å². The number of hydrogen-bond acceptors (Lipinski definition) is 4. The van der Waals surface area contributed by atoms with Crippen molar-refractivity contribution in [3.05, 3.63) is 52.0 Å². The summed E-state index contributed by atoms with van der Waals surface area (Å²) in [5.41, 5.74) is 1.48. The van der Waals surface area contributed by atoms with E-state index in [1.54, 1.807) is 11.7 Å². The third-order valence-electron chi connectivity index (χ3n) is 3.42. The van der Waals surface area contributed by atoms with Crippen molar-refractivity contribution in [1.29, 1.82) is 0 Å². The van der Waals surface area contributed by atoms with Crippen LogP contribution in [0.4, 0.5) is 13.2 Å². The summed E-state index contributed by atoms with van der Waals surface area (Å²) < 4.78 is 37.6. The largest absolute Gasteiger partial charge is 0.416 e. The molecule has 2 unspecified atom stereocenters. The molecule has 0 amide bonds. The fourth-order valence-electron chi connectivity index (χ4n) is 2.14. The van der Waals surface area contributed by atoms with Crippen molar-refractivity contribution in [3.63, 3.8) is 0 Å². The summed E-state index contributed by atoms with van der Waals surface area (Å²) in [6, 6.07) is 4.40. The Labute approximate surface area is 130 Å². The van der Waals surface area contributed by atoms with Gasteiger partial charge in [0.1, 0.15) is 0 Å². The van der Waals surface area contributed by atoms with E-state index in [4.69, 9.17) is 0 Å². The number of aromatic nitrogens is 1. The zero-order valence-corrected chi connectivity index (χ0v) is 12.8. The molecule has 0 bridgehead atoms. The summed E-state index contributed by atoms with van der Waals surface area (Å²) in [4.78, 5) is 5.01. The number of aliphatic hydroxyl groups excluding tert-OH is 1. The molecule has 7 heteroatoms. The summed E-state index contributed by atoms with van der Waals surface area (Å²) in [5, 5.41) is 13.6. The molecule has 0 spiro atoms. The lowest BCUT2D eigenvalue weighted by molar-refractivity contribution is -0.137. The number of aliphatic hydroxyl groups is 1. The van der Waals surface area contributed by atoms with Crippen LogP contribution in [0.25, 0.3) is 0 Å². The topological polar surface area (TPSA) is 45.2 Å². The number of halogens is 3. The highest BCUT2D eigenvalue weighted by Gasteiger charge is 2.30. The molecule has 0 aliphatic rings. The van der Waals surface area contributed by atoms with Crippen LogP contribution >= 0.6 is 11.3 Å². The molecule has 1 aromatic heterocycles. The molecule has 0 saturated carbocycles. The van der Waals surface area contributed by atoms with Crippen LogP contribution in [0.1, 0.15) is 35.5 Å². The van der Waals surface area contributed by atoms with E-state index in [0.717, 1.165) is 17.0 Å². The average Bonchev–Trinajstić information content (AvgIpc) is 3.00. The number of nitrogens with one attached hydrogen (secondary N) is 1. The van der Waals surface area contributed by atoms with Gasteiger partial charge in [-0.15, -0.1) is 11.3 Å². The number of nitrogens with zero attached hydrogens (tertiary/aromatic N) is 1. The number of thiazole rings is 1. The maximum Gasteiger partial charge on any atom is 0.416 e. The van der Waals surface area contributed by atoms with Crippen molar-refractivity contribution in [2.45, 2.75) is 38.2 Å². The Morgan fingerprint density at radius 3 is 2.45 bits per heavy atom. The number of alkyl halides is 3. The number of rotatable bonds is 6. The Morgan fingerprint density at radius 2 is 1.95 bits per heavy atom. The standard InChI is InChI=1S/C15H17F3N2OS/c1-2-13(20-8-12-7-19-9-22-12)14(21)10-3-5-11(6-4-10)15(16,17)18/h3-7,9,13-14,20-21H,2,8H2,1H3. The van der Waals surface area contributed by atoms with E-state index in [9.17, 15) is 18.3 Å². The third-order valence-corrected chi connectivity index (χ3v) is 4.20. The van der Waals surface area contributed by atoms with Gasteiger partial charge >= 0.3 is 6.18 Å². The maximum atomic E-state index is 12.5. The second-order valence-corrected chi connectivity index (χ2v) is 5.90. The zero-order valence-electron chi connectivity index (χ0n) is 12.0. The highest BCUT2D eigenvalue weighted by Crippen LogP contribution is 2.30. The van der Waals surface area contributed by atoms with Crippen LogP contribution in [0.3, 0.4) is 0 Å². The van der Waals surface area contributed by atoms with Gasteiger partial charge in [0, 0.05) is 23.7 Å². The molecule has 1 heterocycles. The predicted molar refractivity (Wildman–Crippen MR) is 79.4 cm³/mol. The van der Waals surface area contributed by atoms with Gasteiger partial charge in [-0.05, 0) is 24.1 Å². The third kappa shape index (κ3) is 4.28. The van der Waals surface area contributed by atoms with E-state index >= 15 is 0 Å². The van der Waals surface area contributed by atoms with Crippen molar-refractivity contribution in [2.75, 3.05) is 0 Å². The summed E-state index contributed by atoms with van der Waals surface area (Å²) in [5.74, 6) is 0. The summed E-state index contributed by atoms with van der Waals surface area (Å²) in [6.07, 6.45) is -2.83. The molecule has 2 rings (SSSR count). The smallest absolute Gasteiger partial charge is 0.387 e. The molecule has 120 valence electrons. The lowest BCUT2D eigenvalue weighted by Gasteiger charge is -2.23. The highest BCUT2D eigenvalue weighted by molar-refractivity contribution is 7.09. The normalized spacial score (nSPS) is 14.8. The second kappa shape index (κ2) is 7.21. The van der Waals surface area contributed by atoms with Crippen molar-refractivity contribution in [1.82, 2.24) is 10.3 Å². The van der Waals surface area contributed by atoms with Gasteiger partial charge in [0.15, 0.2) is 0 Å². The summed E-state index contributed by atoms with van der Waals surface area (Å²) in [7, 11) is 0. The van der Waals surface area contributed by atoms with Crippen molar-refractivity contribution in [2.24, 2.45) is 0 Å². The van der Waals surface area contributed by atoms with Gasteiger partial charge in [0.25, 0.3) is 0 Å². The second-order valence-electron chi connectivity index (χ2n) is 4.93. The maximum absolute atomic E-state index is 12.5. The van der Waals surface area contributed by atoms with Crippen LogP contribution in [-0.4, -0.2) is 16.1 Å². The molecule has 0 fully saturated rings. The first-order chi connectivity index (χ1) is 10.4. The molecule has 0 saturated heterocycles. The lowest BCUT2D eigenvalue weighted by Crippen LogP contribution is -2.33. The van der Waals surface area contributed by atoms with Gasteiger partial charge in [-0.3, -0.25) is 4.98 Å². The van der Waals surface area contributed by atoms with E-state index < -0.39 is 17.8 Å². The molecular weight excluding hydrogens is 313 g/mol. The van der Waals surface area contributed by atoms with Gasteiger partial charge in [-0.25, -0.2) is 0 Å². The van der Waals surface area contributed by atoms with E-state index in [2.05, 4.69) is 10.3 Å². The number of benzene rings is 1. The molecule has 1 aromatic carbocycles. The van der Waals surface area contributed by atoms with Crippen LogP contribution in [0.5, 0.6) is 0 Å². The quantitative estimate of drug-likeness (QED) is 0.847. The molecule has 2 N–H and O–H groups in total. The minimum absolute atomic E-state index is 0.237. The summed E-state index contributed by atoms with van der Waals surface area (Å²) >= 11 is 1.51. The van der Waals surface area contributed by atoms with Crippen molar-refractivity contribution < 1.29 is 18.3 Å². The molecule has 0 aliphatic carbocycles. The van der Waals surface area contributed by atoms with Crippen molar-refractivity contribution in [3.8, 4) is 0 Å². The Balaban J connectivity index is 2.02. The zero-order chi connectivity index (χ0) is 16.2. The van der Waals surface area contributed by atoms with E-state index in [1.807, 2.05) is 6.92 Å². The minimum atomic E-state index is -4.36. The SMILES string of the molecule is CCC(NCc1cncs1)C(O)c1ccc(C(F)(F)F)cc1. The highest BCUT2D eigenvalue weighted by atomic mass is 32.1. The van der Waals surface area contributed by atoms with Gasteiger partial charge in [0.2, 0.25) is 0 Å². The fourth-order valence-corrected chi connectivity index (χ4v) is 2.69. The van der Waals surface area contributed by atoms with Crippen LogP contribution < -0.4 is 5.32 Å². The Morgan fingerprint density at radius 1 is 1.27 bits per heavy atom. The van der Waals surface area contributed by atoms with E-state index in [-0.39, 0.29) is 6.04 Å². The monoisotopic (exact) mass is 330 g/mol. The first-order valence-corrected chi connectivity index (χ1v) is 7.75. The minimum Gasteiger partial charge on any atom is -0.387 e. The van der Waals surface area contributed by atoms with Crippen LogP contribution in [0.15, 0.2) is 36.0 Å². The molecule has 2 aromatic rings. The molecular formula is C15H17F3N2OS. The fraction of sp³-hybridized carbons (Fsp3) is 0.400. The van der Waals surface area contributed by atoms with Gasteiger partial charge < -0.3 is 10.4 Å². The molecule has 3 nitrogen and oxygen atoms in total. The summed E-state index contributed by atoms with van der Waals surface area (Å²) in [6.45, 7) is 2.48. The molecule has 22 heavy (non-hydrogen) atoms. The van der Waals surface area contributed by atoms with E-state index in [0.29, 0.717) is 18.5 Å². The molecule has 0 radical (unpaired) electrons. The Bertz CT molecular complexity index is 569. The van der Waals surface area contributed by atoms with Crippen LogP contribution in [0, 0.1) is 0 Å². The van der Waals surface area contributed by atoms with Gasteiger partial charge in [-0.2, -0.15) is 13.2 Å². The Hall–Kier alpha value is -1.44.